The molecule has 162 valence electrons. The molecule has 1 heterocycles. The van der Waals surface area contributed by atoms with Gasteiger partial charge in [-0.1, -0.05) is 44.2 Å². The lowest BCUT2D eigenvalue weighted by molar-refractivity contribution is -0.130. The fourth-order valence-electron chi connectivity index (χ4n) is 3.57. The van der Waals surface area contributed by atoms with Gasteiger partial charge in [0.1, 0.15) is 0 Å². The molecule has 7 nitrogen and oxygen atoms in total. The van der Waals surface area contributed by atoms with Crippen LogP contribution in [0.4, 0.5) is 0 Å². The second-order valence-electron chi connectivity index (χ2n) is 7.66. The molecule has 1 amide bonds. The van der Waals surface area contributed by atoms with E-state index in [9.17, 15) is 4.79 Å². The highest BCUT2D eigenvalue weighted by molar-refractivity contribution is 5.86. The number of rotatable bonds is 9. The van der Waals surface area contributed by atoms with E-state index in [4.69, 9.17) is 4.74 Å². The van der Waals surface area contributed by atoms with Crippen molar-refractivity contribution in [1.29, 1.82) is 0 Å². The minimum Gasteiger partial charge on any atom is -0.379 e. The van der Waals surface area contributed by atoms with Crippen molar-refractivity contribution in [2.24, 2.45) is 10.9 Å². The molecule has 0 radical (unpaired) electrons. The number of likely N-dealkylation sites (N-methyl/N-ethyl adjacent to an activating group) is 1. The maximum absolute atomic E-state index is 12.7. The predicted octanol–water partition coefficient (Wildman–Crippen LogP) is 1.56. The second kappa shape index (κ2) is 12.4. The molecule has 0 saturated carbocycles. The van der Waals surface area contributed by atoms with Gasteiger partial charge in [0.15, 0.2) is 5.96 Å². The molecule has 0 spiro atoms. The molecule has 0 aromatic heterocycles. The summed E-state index contributed by atoms with van der Waals surface area (Å²) in [5.41, 5.74) is 1.13. The normalized spacial score (nSPS) is 16.5. The lowest BCUT2D eigenvalue weighted by Crippen LogP contribution is -2.53. The first-order valence-electron chi connectivity index (χ1n) is 10.6. The summed E-state index contributed by atoms with van der Waals surface area (Å²) in [5.74, 6) is 1.24. The van der Waals surface area contributed by atoms with Crippen molar-refractivity contribution in [1.82, 2.24) is 20.4 Å². The standard InChI is InChI=1S/C22H37N5O2/c1-5-26(17-19-9-7-6-8-10-19)21(28)16-25-22(23-4)24-15-20(18(2)3)27-11-13-29-14-12-27/h6-10,18,20H,5,11-17H2,1-4H3,(H2,23,24,25). The third kappa shape index (κ3) is 7.66. The molecule has 2 rings (SSSR count). The molecular formula is C22H37N5O2. The van der Waals surface area contributed by atoms with Gasteiger partial charge in [-0.2, -0.15) is 0 Å². The fraction of sp³-hybridized carbons (Fsp3) is 0.636. The second-order valence-corrected chi connectivity index (χ2v) is 7.66. The number of hydrogen-bond acceptors (Lipinski definition) is 4. The van der Waals surface area contributed by atoms with Gasteiger partial charge in [-0.15, -0.1) is 0 Å². The van der Waals surface area contributed by atoms with Crippen LogP contribution < -0.4 is 10.6 Å². The van der Waals surface area contributed by atoms with Crippen LogP contribution in [0.1, 0.15) is 26.3 Å². The Bertz CT molecular complexity index is 629. The number of carbonyl (C=O) groups excluding carboxylic acids is 1. The average molecular weight is 404 g/mol. The number of morpholine rings is 1. The Labute approximate surface area is 175 Å². The van der Waals surface area contributed by atoms with Gasteiger partial charge < -0.3 is 20.3 Å². The number of aliphatic imine (C=N–C) groups is 1. The Balaban J connectivity index is 1.82. The van der Waals surface area contributed by atoms with Gasteiger partial charge in [-0.3, -0.25) is 14.7 Å². The number of nitrogens with zero attached hydrogens (tertiary/aromatic N) is 3. The number of amides is 1. The highest BCUT2D eigenvalue weighted by Gasteiger charge is 2.24. The third-order valence-corrected chi connectivity index (χ3v) is 5.34. The van der Waals surface area contributed by atoms with Crippen LogP contribution in [0, 0.1) is 5.92 Å². The van der Waals surface area contributed by atoms with Crippen LogP contribution in [0.15, 0.2) is 35.3 Å². The Morgan fingerprint density at radius 3 is 2.48 bits per heavy atom. The molecule has 1 unspecified atom stereocenters. The van der Waals surface area contributed by atoms with Crippen LogP contribution in [0.25, 0.3) is 0 Å². The van der Waals surface area contributed by atoms with Gasteiger partial charge in [0.05, 0.1) is 19.8 Å². The molecular weight excluding hydrogens is 366 g/mol. The number of benzene rings is 1. The van der Waals surface area contributed by atoms with Crippen LogP contribution in [0.5, 0.6) is 0 Å². The number of carbonyl (C=O) groups is 1. The third-order valence-electron chi connectivity index (χ3n) is 5.34. The van der Waals surface area contributed by atoms with Gasteiger partial charge in [0.25, 0.3) is 0 Å². The molecule has 0 aliphatic carbocycles. The van der Waals surface area contributed by atoms with E-state index >= 15 is 0 Å². The quantitative estimate of drug-likeness (QED) is 0.484. The molecule has 29 heavy (non-hydrogen) atoms. The summed E-state index contributed by atoms with van der Waals surface area (Å²) >= 11 is 0. The summed E-state index contributed by atoms with van der Waals surface area (Å²) in [4.78, 5) is 21.3. The average Bonchev–Trinajstić information content (AvgIpc) is 2.75. The summed E-state index contributed by atoms with van der Waals surface area (Å²) in [5, 5.41) is 6.57. The van der Waals surface area contributed by atoms with E-state index < -0.39 is 0 Å². The zero-order valence-corrected chi connectivity index (χ0v) is 18.4. The Morgan fingerprint density at radius 2 is 1.90 bits per heavy atom. The first kappa shape index (κ1) is 23.2. The van der Waals surface area contributed by atoms with Crippen LogP contribution in [-0.2, 0) is 16.1 Å². The van der Waals surface area contributed by atoms with Crippen molar-refractivity contribution in [2.75, 3.05) is 53.0 Å². The highest BCUT2D eigenvalue weighted by Crippen LogP contribution is 2.12. The van der Waals surface area contributed by atoms with E-state index in [1.165, 1.54) is 0 Å². The first-order chi connectivity index (χ1) is 14.0. The minimum absolute atomic E-state index is 0.0629. The zero-order valence-electron chi connectivity index (χ0n) is 18.4. The van der Waals surface area contributed by atoms with E-state index in [-0.39, 0.29) is 12.5 Å². The van der Waals surface area contributed by atoms with Crippen molar-refractivity contribution in [3.63, 3.8) is 0 Å². The van der Waals surface area contributed by atoms with Crippen LogP contribution >= 0.6 is 0 Å². The highest BCUT2D eigenvalue weighted by atomic mass is 16.5. The topological polar surface area (TPSA) is 69.2 Å². The number of ether oxygens (including phenoxy) is 1. The first-order valence-corrected chi connectivity index (χ1v) is 10.6. The summed E-state index contributed by atoms with van der Waals surface area (Å²) in [6.07, 6.45) is 0. The van der Waals surface area contributed by atoms with Gasteiger partial charge >= 0.3 is 0 Å². The Kier molecular flexibility index (Phi) is 9.94. The Hall–Kier alpha value is -2.12. The zero-order chi connectivity index (χ0) is 21.1. The molecule has 1 atom stereocenters. The predicted molar refractivity (Wildman–Crippen MR) is 118 cm³/mol. The number of hydrogen-bond donors (Lipinski definition) is 2. The summed E-state index contributed by atoms with van der Waals surface area (Å²) in [6.45, 7) is 12.3. The van der Waals surface area contributed by atoms with E-state index in [1.54, 1.807) is 7.05 Å². The van der Waals surface area contributed by atoms with E-state index in [0.717, 1.165) is 38.4 Å². The molecule has 1 saturated heterocycles. The molecule has 0 bridgehead atoms. The van der Waals surface area contributed by atoms with Gasteiger partial charge in [-0.25, -0.2) is 0 Å². The van der Waals surface area contributed by atoms with Gasteiger partial charge in [0.2, 0.25) is 5.91 Å². The largest absolute Gasteiger partial charge is 0.379 e. The summed E-state index contributed by atoms with van der Waals surface area (Å²) < 4.78 is 5.48. The SMILES string of the molecule is CCN(Cc1ccccc1)C(=O)CNC(=NC)NCC(C(C)C)N1CCOCC1. The van der Waals surface area contributed by atoms with E-state index in [0.29, 0.717) is 31.0 Å². The van der Waals surface area contributed by atoms with E-state index in [2.05, 4.69) is 34.4 Å². The molecule has 1 aromatic rings. The summed E-state index contributed by atoms with van der Waals surface area (Å²) in [7, 11) is 1.74. The monoisotopic (exact) mass is 403 g/mol. The number of guanidine groups is 1. The molecule has 1 aromatic carbocycles. The van der Waals surface area contributed by atoms with Crippen LogP contribution in [0.3, 0.4) is 0 Å². The van der Waals surface area contributed by atoms with Crippen molar-refractivity contribution in [3.8, 4) is 0 Å². The van der Waals surface area contributed by atoms with E-state index in [1.807, 2.05) is 42.2 Å². The molecule has 1 aliphatic rings. The molecule has 2 N–H and O–H groups in total. The van der Waals surface area contributed by atoms with Crippen LogP contribution in [-0.4, -0.2) is 80.7 Å². The minimum atomic E-state index is 0.0629. The van der Waals surface area contributed by atoms with Crippen molar-refractivity contribution in [3.05, 3.63) is 35.9 Å². The van der Waals surface area contributed by atoms with Gasteiger partial charge in [0, 0.05) is 45.8 Å². The smallest absolute Gasteiger partial charge is 0.242 e. The molecule has 7 heteroatoms. The molecule has 1 fully saturated rings. The fourth-order valence-corrected chi connectivity index (χ4v) is 3.57. The molecule has 1 aliphatic heterocycles. The van der Waals surface area contributed by atoms with Crippen molar-refractivity contribution < 1.29 is 9.53 Å². The Morgan fingerprint density at radius 1 is 1.21 bits per heavy atom. The summed E-state index contributed by atoms with van der Waals surface area (Å²) in [6, 6.07) is 10.5. The van der Waals surface area contributed by atoms with Crippen molar-refractivity contribution in [2.45, 2.75) is 33.4 Å². The van der Waals surface area contributed by atoms with Crippen molar-refractivity contribution >= 4 is 11.9 Å². The number of nitrogens with one attached hydrogen (secondary N) is 2. The lowest BCUT2D eigenvalue weighted by atomic mass is 10.0. The van der Waals surface area contributed by atoms with Gasteiger partial charge in [-0.05, 0) is 18.4 Å². The maximum Gasteiger partial charge on any atom is 0.242 e. The maximum atomic E-state index is 12.7. The lowest BCUT2D eigenvalue weighted by Gasteiger charge is -2.37. The van der Waals surface area contributed by atoms with Crippen LogP contribution in [0.2, 0.25) is 0 Å².